The SMILES string of the molecule is CCN(CC)C(=O)[C@H](C1CCCC1)N1CCN(C(=O)c2cccc(Br)c2)CC1. The van der Waals surface area contributed by atoms with Crippen molar-refractivity contribution in [2.75, 3.05) is 39.3 Å². The highest BCUT2D eigenvalue weighted by Crippen LogP contribution is 2.32. The van der Waals surface area contributed by atoms with Crippen LogP contribution in [0.1, 0.15) is 49.9 Å². The average Bonchev–Trinajstić information content (AvgIpc) is 3.23. The monoisotopic (exact) mass is 449 g/mol. The van der Waals surface area contributed by atoms with Gasteiger partial charge in [0.2, 0.25) is 5.91 Å². The minimum atomic E-state index is -0.0227. The van der Waals surface area contributed by atoms with Gasteiger partial charge in [0.05, 0.1) is 6.04 Å². The van der Waals surface area contributed by atoms with E-state index in [1.807, 2.05) is 34.1 Å². The molecule has 154 valence electrons. The van der Waals surface area contributed by atoms with Gasteiger partial charge in [-0.25, -0.2) is 0 Å². The van der Waals surface area contributed by atoms with Gasteiger partial charge < -0.3 is 9.80 Å². The van der Waals surface area contributed by atoms with Crippen LogP contribution in [-0.2, 0) is 4.79 Å². The topological polar surface area (TPSA) is 43.9 Å². The standard InChI is InChI=1S/C22H32BrN3O2/c1-3-24(4-2)22(28)20(17-8-5-6-9-17)25-12-14-26(15-13-25)21(27)18-10-7-11-19(23)16-18/h7,10-11,16-17,20H,3-6,8-9,12-15H2,1-2H3/t20-/m0/s1. The van der Waals surface area contributed by atoms with Crippen molar-refractivity contribution in [3.8, 4) is 0 Å². The van der Waals surface area contributed by atoms with Crippen molar-refractivity contribution in [3.05, 3.63) is 34.3 Å². The summed E-state index contributed by atoms with van der Waals surface area (Å²) >= 11 is 3.44. The molecule has 1 saturated heterocycles. The molecule has 1 heterocycles. The van der Waals surface area contributed by atoms with E-state index in [0.717, 1.165) is 49.1 Å². The van der Waals surface area contributed by atoms with E-state index in [0.29, 0.717) is 19.0 Å². The van der Waals surface area contributed by atoms with Crippen molar-refractivity contribution < 1.29 is 9.59 Å². The molecule has 28 heavy (non-hydrogen) atoms. The normalized spacial score (nSPS) is 19.6. The fraction of sp³-hybridized carbons (Fsp3) is 0.636. The lowest BCUT2D eigenvalue weighted by atomic mass is 9.94. The molecule has 2 fully saturated rings. The smallest absolute Gasteiger partial charge is 0.253 e. The first-order valence-corrected chi connectivity index (χ1v) is 11.4. The second kappa shape index (κ2) is 9.88. The molecule has 1 aromatic carbocycles. The number of benzene rings is 1. The van der Waals surface area contributed by atoms with Crippen LogP contribution in [0.4, 0.5) is 0 Å². The zero-order valence-corrected chi connectivity index (χ0v) is 18.7. The molecule has 1 atom stereocenters. The van der Waals surface area contributed by atoms with Gasteiger partial charge >= 0.3 is 0 Å². The van der Waals surface area contributed by atoms with Crippen LogP contribution in [0.2, 0.25) is 0 Å². The Hall–Kier alpha value is -1.40. The Bertz CT molecular complexity index is 678. The van der Waals surface area contributed by atoms with E-state index in [2.05, 4.69) is 34.7 Å². The van der Waals surface area contributed by atoms with Crippen LogP contribution in [0.15, 0.2) is 28.7 Å². The van der Waals surface area contributed by atoms with Crippen LogP contribution in [0.25, 0.3) is 0 Å². The molecular weight excluding hydrogens is 418 g/mol. The van der Waals surface area contributed by atoms with Crippen molar-refractivity contribution in [2.45, 2.75) is 45.6 Å². The van der Waals surface area contributed by atoms with Crippen molar-refractivity contribution in [1.29, 1.82) is 0 Å². The number of hydrogen-bond acceptors (Lipinski definition) is 3. The number of piperazine rings is 1. The Morgan fingerprint density at radius 2 is 1.75 bits per heavy atom. The summed E-state index contributed by atoms with van der Waals surface area (Å²) in [6.07, 6.45) is 4.76. The van der Waals surface area contributed by atoms with Crippen molar-refractivity contribution in [2.24, 2.45) is 5.92 Å². The molecule has 1 aliphatic heterocycles. The van der Waals surface area contributed by atoms with E-state index in [1.54, 1.807) is 0 Å². The highest BCUT2D eigenvalue weighted by atomic mass is 79.9. The summed E-state index contributed by atoms with van der Waals surface area (Å²) in [6.45, 7) is 8.55. The molecule has 0 spiro atoms. The highest BCUT2D eigenvalue weighted by molar-refractivity contribution is 9.10. The number of likely N-dealkylation sites (N-methyl/N-ethyl adjacent to an activating group) is 1. The van der Waals surface area contributed by atoms with Gasteiger partial charge in [-0.3, -0.25) is 14.5 Å². The summed E-state index contributed by atoms with van der Waals surface area (Å²) in [5, 5.41) is 0. The first kappa shape index (κ1) is 21.3. The molecule has 2 aliphatic rings. The lowest BCUT2D eigenvalue weighted by Crippen LogP contribution is -2.58. The highest BCUT2D eigenvalue weighted by Gasteiger charge is 2.38. The van der Waals surface area contributed by atoms with Crippen molar-refractivity contribution in [3.63, 3.8) is 0 Å². The molecule has 0 bridgehead atoms. The summed E-state index contributed by atoms with van der Waals surface area (Å²) in [6, 6.07) is 7.54. The molecule has 6 heteroatoms. The molecule has 1 aromatic rings. The van der Waals surface area contributed by atoms with E-state index >= 15 is 0 Å². The number of carbonyl (C=O) groups is 2. The van der Waals surface area contributed by atoms with E-state index < -0.39 is 0 Å². The van der Waals surface area contributed by atoms with Gasteiger partial charge in [-0.2, -0.15) is 0 Å². The largest absolute Gasteiger partial charge is 0.342 e. The molecule has 0 aromatic heterocycles. The van der Waals surface area contributed by atoms with Crippen LogP contribution >= 0.6 is 15.9 Å². The first-order valence-electron chi connectivity index (χ1n) is 10.6. The minimum Gasteiger partial charge on any atom is -0.342 e. The number of amides is 2. The zero-order valence-electron chi connectivity index (χ0n) is 17.1. The lowest BCUT2D eigenvalue weighted by Gasteiger charge is -2.42. The van der Waals surface area contributed by atoms with Gasteiger partial charge in [-0.1, -0.05) is 34.8 Å². The molecule has 0 unspecified atom stereocenters. The molecule has 1 aliphatic carbocycles. The summed E-state index contributed by atoms with van der Waals surface area (Å²) in [5.74, 6) is 0.817. The minimum absolute atomic E-state index is 0.0227. The summed E-state index contributed by atoms with van der Waals surface area (Å²) in [7, 11) is 0. The summed E-state index contributed by atoms with van der Waals surface area (Å²) in [4.78, 5) is 32.3. The molecule has 0 radical (unpaired) electrons. The number of carbonyl (C=O) groups excluding carboxylic acids is 2. The van der Waals surface area contributed by atoms with E-state index in [4.69, 9.17) is 0 Å². The van der Waals surface area contributed by atoms with Gasteiger partial charge in [0.1, 0.15) is 0 Å². The number of rotatable bonds is 6. The zero-order chi connectivity index (χ0) is 20.1. The Morgan fingerprint density at radius 3 is 2.32 bits per heavy atom. The average molecular weight is 450 g/mol. The van der Waals surface area contributed by atoms with Crippen LogP contribution in [0.3, 0.4) is 0 Å². The third-order valence-corrected chi connectivity index (χ3v) is 6.73. The van der Waals surface area contributed by atoms with Crippen LogP contribution < -0.4 is 0 Å². The van der Waals surface area contributed by atoms with Gasteiger partial charge in [0.25, 0.3) is 5.91 Å². The number of halogens is 1. The molecule has 0 N–H and O–H groups in total. The number of hydrogen-bond donors (Lipinski definition) is 0. The predicted octanol–water partition coefficient (Wildman–Crippen LogP) is 3.63. The molecule has 3 rings (SSSR count). The third-order valence-electron chi connectivity index (χ3n) is 6.24. The Balaban J connectivity index is 1.67. The predicted molar refractivity (Wildman–Crippen MR) is 115 cm³/mol. The maximum Gasteiger partial charge on any atom is 0.253 e. The quantitative estimate of drug-likeness (QED) is 0.665. The third kappa shape index (κ3) is 4.77. The summed E-state index contributed by atoms with van der Waals surface area (Å²) in [5.41, 5.74) is 0.717. The van der Waals surface area contributed by atoms with Crippen LogP contribution in [0.5, 0.6) is 0 Å². The fourth-order valence-corrected chi connectivity index (χ4v) is 5.06. The maximum atomic E-state index is 13.3. The Morgan fingerprint density at radius 1 is 1.11 bits per heavy atom. The first-order chi connectivity index (χ1) is 13.5. The van der Waals surface area contributed by atoms with Crippen LogP contribution in [0, 0.1) is 5.92 Å². The van der Waals surface area contributed by atoms with Gasteiger partial charge in [0, 0.05) is 49.3 Å². The molecule has 1 saturated carbocycles. The molecule has 2 amide bonds. The van der Waals surface area contributed by atoms with Gasteiger partial charge in [-0.15, -0.1) is 0 Å². The van der Waals surface area contributed by atoms with E-state index in [-0.39, 0.29) is 17.9 Å². The number of nitrogens with zero attached hydrogens (tertiary/aromatic N) is 3. The lowest BCUT2D eigenvalue weighted by molar-refractivity contribution is -0.139. The summed E-state index contributed by atoms with van der Waals surface area (Å²) < 4.78 is 0.920. The molecule has 5 nitrogen and oxygen atoms in total. The van der Waals surface area contributed by atoms with E-state index in [9.17, 15) is 9.59 Å². The second-order valence-electron chi connectivity index (χ2n) is 7.84. The fourth-order valence-electron chi connectivity index (χ4n) is 4.66. The van der Waals surface area contributed by atoms with Crippen molar-refractivity contribution in [1.82, 2.24) is 14.7 Å². The Labute approximate surface area is 177 Å². The maximum absolute atomic E-state index is 13.3. The van der Waals surface area contributed by atoms with Gasteiger partial charge in [-0.05, 0) is 50.8 Å². The van der Waals surface area contributed by atoms with Crippen molar-refractivity contribution >= 4 is 27.7 Å². The van der Waals surface area contributed by atoms with Crippen LogP contribution in [-0.4, -0.2) is 71.8 Å². The molecular formula is C22H32BrN3O2. The van der Waals surface area contributed by atoms with Gasteiger partial charge in [0.15, 0.2) is 0 Å². The Kier molecular flexibility index (Phi) is 7.52. The van der Waals surface area contributed by atoms with E-state index in [1.165, 1.54) is 12.8 Å². The second-order valence-corrected chi connectivity index (χ2v) is 8.75.